The number of hydrogen-bond donors (Lipinski definition) is 1. The number of nitrogens with two attached hydrogens (primary N) is 1. The van der Waals surface area contributed by atoms with E-state index >= 15 is 0 Å². The maximum absolute atomic E-state index is 5.45. The SMILES string of the molecule is CCCCCCCCCCCCCCC(N)=S. The molecule has 0 unspecified atom stereocenters. The van der Waals surface area contributed by atoms with Crippen molar-refractivity contribution in [1.29, 1.82) is 0 Å². The second-order valence-corrected chi connectivity index (χ2v) is 5.63. The van der Waals surface area contributed by atoms with Crippen LogP contribution < -0.4 is 5.73 Å². The molecule has 0 atom stereocenters. The van der Waals surface area contributed by atoms with Gasteiger partial charge in [-0.25, -0.2) is 0 Å². The maximum Gasteiger partial charge on any atom is 0.0727 e. The van der Waals surface area contributed by atoms with Crippen LogP contribution in [0.4, 0.5) is 0 Å². The van der Waals surface area contributed by atoms with Crippen molar-refractivity contribution in [2.24, 2.45) is 5.73 Å². The molecule has 2 heteroatoms. The first-order chi connectivity index (χ1) is 8.27. The Balaban J connectivity index is 2.91. The van der Waals surface area contributed by atoms with E-state index in [1.54, 1.807) is 0 Å². The summed E-state index contributed by atoms with van der Waals surface area (Å²) in [7, 11) is 0. The van der Waals surface area contributed by atoms with Gasteiger partial charge in [-0.3, -0.25) is 0 Å². The average Bonchev–Trinajstić information content (AvgIpc) is 2.30. The van der Waals surface area contributed by atoms with Crippen LogP contribution in [0.2, 0.25) is 0 Å². The molecule has 102 valence electrons. The Morgan fingerprint density at radius 1 is 0.706 bits per heavy atom. The molecule has 0 aliphatic heterocycles. The molecule has 0 saturated heterocycles. The molecule has 0 saturated carbocycles. The van der Waals surface area contributed by atoms with E-state index < -0.39 is 0 Å². The van der Waals surface area contributed by atoms with Gasteiger partial charge in [0.15, 0.2) is 0 Å². The molecule has 0 radical (unpaired) electrons. The summed E-state index contributed by atoms with van der Waals surface area (Å²) in [4.78, 5) is 0.678. The van der Waals surface area contributed by atoms with Crippen LogP contribution in [0.25, 0.3) is 0 Å². The molecule has 0 fully saturated rings. The highest BCUT2D eigenvalue weighted by Crippen LogP contribution is 2.12. The summed E-state index contributed by atoms with van der Waals surface area (Å²) in [6, 6.07) is 0. The van der Waals surface area contributed by atoms with E-state index in [4.69, 9.17) is 18.0 Å². The van der Waals surface area contributed by atoms with Gasteiger partial charge in [-0.15, -0.1) is 0 Å². The van der Waals surface area contributed by atoms with Crippen LogP contribution in [0.15, 0.2) is 0 Å². The van der Waals surface area contributed by atoms with Crippen LogP contribution in [0.3, 0.4) is 0 Å². The molecule has 0 aromatic carbocycles. The topological polar surface area (TPSA) is 26.0 Å². The van der Waals surface area contributed by atoms with Crippen molar-refractivity contribution in [3.8, 4) is 0 Å². The van der Waals surface area contributed by atoms with Crippen LogP contribution in [0.1, 0.15) is 90.4 Å². The highest BCUT2D eigenvalue weighted by atomic mass is 32.1. The molecule has 0 heterocycles. The van der Waals surface area contributed by atoms with Crippen molar-refractivity contribution < 1.29 is 0 Å². The van der Waals surface area contributed by atoms with E-state index in [9.17, 15) is 0 Å². The van der Waals surface area contributed by atoms with Crippen molar-refractivity contribution in [2.45, 2.75) is 90.4 Å². The number of rotatable bonds is 13. The van der Waals surface area contributed by atoms with Gasteiger partial charge in [0.1, 0.15) is 0 Å². The van der Waals surface area contributed by atoms with E-state index in [-0.39, 0.29) is 0 Å². The molecule has 1 nitrogen and oxygen atoms in total. The molecular weight excluding hydrogens is 226 g/mol. The normalized spacial score (nSPS) is 10.6. The quantitative estimate of drug-likeness (QED) is 0.355. The highest BCUT2D eigenvalue weighted by molar-refractivity contribution is 7.80. The van der Waals surface area contributed by atoms with Gasteiger partial charge in [0.05, 0.1) is 4.99 Å². The summed E-state index contributed by atoms with van der Waals surface area (Å²) in [5, 5.41) is 0. The van der Waals surface area contributed by atoms with Crippen molar-refractivity contribution in [1.82, 2.24) is 0 Å². The molecule has 0 rings (SSSR count). The molecule has 0 bridgehead atoms. The maximum atomic E-state index is 5.45. The number of thiocarbonyl (C=S) groups is 1. The molecular formula is C15H31NS. The Bertz CT molecular complexity index is 168. The standard InChI is InChI=1S/C15H31NS/c1-2-3-4-5-6-7-8-9-10-11-12-13-14-15(16)17/h2-14H2,1H3,(H2,16,17). The molecule has 0 aromatic rings. The van der Waals surface area contributed by atoms with Crippen LogP contribution in [0, 0.1) is 0 Å². The van der Waals surface area contributed by atoms with Gasteiger partial charge >= 0.3 is 0 Å². The van der Waals surface area contributed by atoms with Gasteiger partial charge in [-0.1, -0.05) is 89.8 Å². The van der Waals surface area contributed by atoms with Crippen molar-refractivity contribution in [2.75, 3.05) is 0 Å². The van der Waals surface area contributed by atoms with Crippen LogP contribution >= 0.6 is 12.2 Å². The molecule has 17 heavy (non-hydrogen) atoms. The molecule has 0 aliphatic carbocycles. The molecule has 2 N–H and O–H groups in total. The average molecular weight is 257 g/mol. The van der Waals surface area contributed by atoms with Gasteiger partial charge in [-0.2, -0.15) is 0 Å². The fraction of sp³-hybridized carbons (Fsp3) is 0.933. The van der Waals surface area contributed by atoms with Gasteiger partial charge in [0.25, 0.3) is 0 Å². The van der Waals surface area contributed by atoms with E-state index in [0.29, 0.717) is 4.99 Å². The first-order valence-corrected chi connectivity index (χ1v) is 7.96. The smallest absolute Gasteiger partial charge is 0.0727 e. The minimum absolute atomic E-state index is 0.678. The Labute approximate surface area is 114 Å². The van der Waals surface area contributed by atoms with Crippen molar-refractivity contribution in [3.05, 3.63) is 0 Å². The van der Waals surface area contributed by atoms with E-state index in [1.807, 2.05) is 0 Å². The number of hydrogen-bond acceptors (Lipinski definition) is 1. The fourth-order valence-electron chi connectivity index (χ4n) is 2.14. The van der Waals surface area contributed by atoms with Gasteiger partial charge in [-0.05, 0) is 12.8 Å². The predicted molar refractivity (Wildman–Crippen MR) is 82.5 cm³/mol. The molecule has 0 spiro atoms. The zero-order chi connectivity index (χ0) is 12.8. The summed E-state index contributed by atoms with van der Waals surface area (Å²) >= 11 is 4.85. The summed E-state index contributed by atoms with van der Waals surface area (Å²) in [5.41, 5.74) is 5.45. The highest BCUT2D eigenvalue weighted by Gasteiger charge is 1.94. The third kappa shape index (κ3) is 15.9. The van der Waals surface area contributed by atoms with Crippen molar-refractivity contribution >= 4 is 17.2 Å². The lowest BCUT2D eigenvalue weighted by molar-refractivity contribution is 0.546. The first kappa shape index (κ1) is 16.9. The van der Waals surface area contributed by atoms with Gasteiger partial charge in [0, 0.05) is 0 Å². The lowest BCUT2D eigenvalue weighted by atomic mass is 10.0. The lowest BCUT2D eigenvalue weighted by Crippen LogP contribution is -2.06. The Morgan fingerprint density at radius 3 is 1.41 bits per heavy atom. The summed E-state index contributed by atoms with van der Waals surface area (Å²) in [6.07, 6.45) is 17.6. The van der Waals surface area contributed by atoms with E-state index in [2.05, 4.69) is 6.92 Å². The largest absolute Gasteiger partial charge is 0.393 e. The minimum atomic E-state index is 0.678. The van der Waals surface area contributed by atoms with Crippen molar-refractivity contribution in [3.63, 3.8) is 0 Å². The van der Waals surface area contributed by atoms with E-state index in [0.717, 1.165) is 6.42 Å². The fourth-order valence-corrected chi connectivity index (χ4v) is 2.28. The minimum Gasteiger partial charge on any atom is -0.393 e. The van der Waals surface area contributed by atoms with Gasteiger partial charge < -0.3 is 5.73 Å². The third-order valence-electron chi connectivity index (χ3n) is 3.28. The summed E-state index contributed by atoms with van der Waals surface area (Å²) < 4.78 is 0. The van der Waals surface area contributed by atoms with Crippen LogP contribution in [-0.2, 0) is 0 Å². The zero-order valence-corrected chi connectivity index (χ0v) is 12.5. The monoisotopic (exact) mass is 257 g/mol. The summed E-state index contributed by atoms with van der Waals surface area (Å²) in [5.74, 6) is 0. The van der Waals surface area contributed by atoms with Crippen LogP contribution in [-0.4, -0.2) is 4.99 Å². The molecule has 0 amide bonds. The zero-order valence-electron chi connectivity index (χ0n) is 11.7. The Morgan fingerprint density at radius 2 is 1.06 bits per heavy atom. The summed E-state index contributed by atoms with van der Waals surface area (Å²) in [6.45, 7) is 2.28. The predicted octanol–water partition coefficient (Wildman–Crippen LogP) is 5.36. The third-order valence-corrected chi connectivity index (χ3v) is 3.48. The number of unbranched alkanes of at least 4 members (excludes halogenated alkanes) is 11. The van der Waals surface area contributed by atoms with Gasteiger partial charge in [0.2, 0.25) is 0 Å². The van der Waals surface area contributed by atoms with Crippen LogP contribution in [0.5, 0.6) is 0 Å². The second-order valence-electron chi connectivity index (χ2n) is 5.11. The second kappa shape index (κ2) is 14.0. The Hall–Kier alpha value is -0.110. The molecule has 0 aliphatic rings. The lowest BCUT2D eigenvalue weighted by Gasteiger charge is -2.02. The molecule has 0 aromatic heterocycles. The Kier molecular flexibility index (Phi) is 13.9. The van der Waals surface area contributed by atoms with E-state index in [1.165, 1.54) is 77.0 Å². The first-order valence-electron chi connectivity index (χ1n) is 7.55.